The van der Waals surface area contributed by atoms with E-state index in [1.54, 1.807) is 0 Å². The number of hydrogen-bond acceptors (Lipinski definition) is 8. The molecule has 0 aromatic heterocycles. The van der Waals surface area contributed by atoms with E-state index >= 15 is 0 Å². The maximum atomic E-state index is 12.6. The summed E-state index contributed by atoms with van der Waals surface area (Å²) in [5, 5.41) is 0. The number of ether oxygens (including phenoxy) is 2. The number of unbranched alkanes of at least 4 members (excludes halogenated alkanes) is 16. The largest absolute Gasteiger partial charge is 0.756 e. The van der Waals surface area contributed by atoms with Crippen LogP contribution in [-0.4, -0.2) is 70.0 Å². The number of allylic oxidation sites excluding steroid dienone is 8. The summed E-state index contributed by atoms with van der Waals surface area (Å²) in [5.74, 6) is -0.892. The van der Waals surface area contributed by atoms with E-state index in [9.17, 15) is 19.0 Å². The van der Waals surface area contributed by atoms with Gasteiger partial charge in [0.05, 0.1) is 27.7 Å². The zero-order chi connectivity index (χ0) is 40.0. The van der Waals surface area contributed by atoms with Crippen molar-refractivity contribution in [3.05, 3.63) is 48.6 Å². The highest BCUT2D eigenvalue weighted by molar-refractivity contribution is 7.45. The van der Waals surface area contributed by atoms with Crippen LogP contribution in [0.4, 0.5) is 0 Å². The van der Waals surface area contributed by atoms with E-state index in [4.69, 9.17) is 18.5 Å². The van der Waals surface area contributed by atoms with Crippen molar-refractivity contribution >= 4 is 19.8 Å². The van der Waals surface area contributed by atoms with Gasteiger partial charge in [-0.3, -0.25) is 14.2 Å². The molecule has 1 unspecified atom stereocenters. The first-order chi connectivity index (χ1) is 26.0. The number of nitrogens with zero attached hydrogens (tertiary/aromatic N) is 1. The zero-order valence-electron chi connectivity index (χ0n) is 35.2. The number of carbonyl (C=O) groups excluding carboxylic acids is 2. The Hall–Kier alpha value is -2.03. The molecule has 10 heteroatoms. The first-order valence-corrected chi connectivity index (χ1v) is 22.8. The summed E-state index contributed by atoms with van der Waals surface area (Å²) in [4.78, 5) is 37.4. The fourth-order valence-corrected chi connectivity index (χ4v) is 6.15. The molecule has 314 valence electrons. The highest BCUT2D eigenvalue weighted by atomic mass is 31.2. The number of phosphoric ester groups is 1. The van der Waals surface area contributed by atoms with Gasteiger partial charge in [-0.2, -0.15) is 0 Å². The number of likely N-dealkylation sites (N-methyl/N-ethyl adjacent to an activating group) is 1. The van der Waals surface area contributed by atoms with E-state index in [0.717, 1.165) is 64.2 Å². The number of phosphoric acid groups is 1. The van der Waals surface area contributed by atoms with Gasteiger partial charge < -0.3 is 27.9 Å². The molecule has 0 aliphatic carbocycles. The molecule has 0 heterocycles. The number of hydrogen-bond donors (Lipinski definition) is 0. The molecule has 0 saturated heterocycles. The Morgan fingerprint density at radius 1 is 0.574 bits per heavy atom. The molecule has 54 heavy (non-hydrogen) atoms. The quantitative estimate of drug-likeness (QED) is 0.0200. The summed E-state index contributed by atoms with van der Waals surface area (Å²) < 4.78 is 33.8. The van der Waals surface area contributed by atoms with Gasteiger partial charge in [-0.05, 0) is 77.0 Å². The lowest BCUT2D eigenvalue weighted by Gasteiger charge is -2.28. The highest BCUT2D eigenvalue weighted by Gasteiger charge is 2.21. The van der Waals surface area contributed by atoms with Crippen LogP contribution in [0.3, 0.4) is 0 Å². The molecular weight excluding hydrogens is 701 g/mol. The van der Waals surface area contributed by atoms with Crippen LogP contribution in [0.15, 0.2) is 48.6 Å². The molecular formula is C44H80NO8P. The Labute approximate surface area is 331 Å². The minimum atomic E-state index is -4.63. The molecule has 0 rings (SSSR count). The van der Waals surface area contributed by atoms with Gasteiger partial charge in [0, 0.05) is 12.8 Å². The summed E-state index contributed by atoms with van der Waals surface area (Å²) in [5.41, 5.74) is 0. The van der Waals surface area contributed by atoms with Crippen molar-refractivity contribution in [2.24, 2.45) is 0 Å². The average Bonchev–Trinajstić information content (AvgIpc) is 3.12. The average molecular weight is 782 g/mol. The third kappa shape index (κ3) is 39.7. The SMILES string of the molecule is CCCCC/C=C/C/C=C/CCCCCCCC(=O)O[C@H](COC(=O)CCCC/C=C/C/C=C/CCCCCCCC)COP(=O)([O-])OCC[N+](C)(C)C. The second-order valence-electron chi connectivity index (χ2n) is 15.3. The van der Waals surface area contributed by atoms with Crippen LogP contribution >= 0.6 is 7.82 Å². The molecule has 0 aromatic carbocycles. The van der Waals surface area contributed by atoms with Crippen LogP contribution in [-0.2, 0) is 32.7 Å². The summed E-state index contributed by atoms with van der Waals surface area (Å²) in [7, 11) is 1.13. The Morgan fingerprint density at radius 3 is 1.54 bits per heavy atom. The second-order valence-corrected chi connectivity index (χ2v) is 16.8. The number of rotatable bonds is 38. The predicted octanol–water partition coefficient (Wildman–Crippen LogP) is 11.3. The molecule has 0 fully saturated rings. The third-order valence-electron chi connectivity index (χ3n) is 8.82. The van der Waals surface area contributed by atoms with E-state index in [1.165, 1.54) is 64.2 Å². The monoisotopic (exact) mass is 782 g/mol. The first-order valence-electron chi connectivity index (χ1n) is 21.3. The maximum Gasteiger partial charge on any atom is 0.306 e. The van der Waals surface area contributed by atoms with Crippen molar-refractivity contribution in [1.82, 2.24) is 0 Å². The van der Waals surface area contributed by atoms with Crippen LogP contribution in [0.2, 0.25) is 0 Å². The maximum absolute atomic E-state index is 12.6. The van der Waals surface area contributed by atoms with E-state index in [0.29, 0.717) is 23.9 Å². The van der Waals surface area contributed by atoms with Gasteiger partial charge in [-0.25, -0.2) is 0 Å². The van der Waals surface area contributed by atoms with Crippen molar-refractivity contribution < 1.29 is 42.1 Å². The Kier molecular flexibility index (Phi) is 35.2. The lowest BCUT2D eigenvalue weighted by Crippen LogP contribution is -2.37. The minimum absolute atomic E-state index is 0.0400. The standard InChI is InChI=1S/C44H80NO8P/c1-6-8-10-12-14-16-18-20-22-24-26-28-30-32-34-36-43(46)50-40-42(41-52-54(48,49)51-39-38-45(3,4)5)53-44(47)37-35-33-31-29-27-25-23-21-19-17-15-13-11-9-7-2/h15,17,20-23,26,28,42H,6-14,16,18-19,24-25,27,29-41H2,1-5H3/b17-15+,22-20+,23-21+,28-26+/t42-/m1/s1. The van der Waals surface area contributed by atoms with Crippen LogP contribution < -0.4 is 4.89 Å². The lowest BCUT2D eigenvalue weighted by molar-refractivity contribution is -0.870. The fraction of sp³-hybridized carbons (Fsp3) is 0.773. The number of esters is 2. The predicted molar refractivity (Wildman–Crippen MR) is 222 cm³/mol. The fourth-order valence-electron chi connectivity index (χ4n) is 5.42. The molecule has 0 amide bonds. The summed E-state index contributed by atoms with van der Waals surface area (Å²) in [6.07, 6.45) is 41.4. The minimum Gasteiger partial charge on any atom is -0.756 e. The van der Waals surface area contributed by atoms with Crippen LogP contribution in [0.1, 0.15) is 168 Å². The smallest absolute Gasteiger partial charge is 0.306 e. The van der Waals surface area contributed by atoms with Gasteiger partial charge in [0.15, 0.2) is 6.10 Å². The molecule has 9 nitrogen and oxygen atoms in total. The van der Waals surface area contributed by atoms with Crippen LogP contribution in [0.5, 0.6) is 0 Å². The van der Waals surface area contributed by atoms with Crippen molar-refractivity contribution in [3.63, 3.8) is 0 Å². The summed E-state index contributed by atoms with van der Waals surface area (Å²) >= 11 is 0. The topological polar surface area (TPSA) is 111 Å². The second kappa shape index (κ2) is 36.6. The third-order valence-corrected chi connectivity index (χ3v) is 9.79. The normalized spacial score (nSPS) is 14.1. The molecule has 0 aliphatic heterocycles. The number of carbonyl (C=O) groups is 2. The van der Waals surface area contributed by atoms with E-state index in [1.807, 2.05) is 21.1 Å². The van der Waals surface area contributed by atoms with Gasteiger partial charge in [0.1, 0.15) is 19.8 Å². The Bertz CT molecular complexity index is 1070. The Morgan fingerprint density at radius 2 is 1.00 bits per heavy atom. The van der Waals surface area contributed by atoms with Gasteiger partial charge in [0.25, 0.3) is 7.82 Å². The summed E-state index contributed by atoms with van der Waals surface area (Å²) in [6.45, 7) is 4.12. The van der Waals surface area contributed by atoms with Crippen molar-refractivity contribution in [1.29, 1.82) is 0 Å². The molecule has 0 bridgehead atoms. The van der Waals surface area contributed by atoms with Crippen molar-refractivity contribution in [3.8, 4) is 0 Å². The van der Waals surface area contributed by atoms with Gasteiger partial charge >= 0.3 is 11.9 Å². The van der Waals surface area contributed by atoms with Crippen LogP contribution in [0.25, 0.3) is 0 Å². The molecule has 2 atom stereocenters. The summed E-state index contributed by atoms with van der Waals surface area (Å²) in [6, 6.07) is 0. The lowest BCUT2D eigenvalue weighted by atomic mass is 10.1. The van der Waals surface area contributed by atoms with E-state index < -0.39 is 32.5 Å². The Balaban J connectivity index is 4.47. The van der Waals surface area contributed by atoms with Gasteiger partial charge in [-0.15, -0.1) is 0 Å². The van der Waals surface area contributed by atoms with E-state index in [2.05, 4.69) is 62.5 Å². The zero-order valence-corrected chi connectivity index (χ0v) is 36.0. The van der Waals surface area contributed by atoms with Gasteiger partial charge in [-0.1, -0.05) is 127 Å². The van der Waals surface area contributed by atoms with E-state index in [-0.39, 0.29) is 26.1 Å². The molecule has 0 saturated carbocycles. The molecule has 0 spiro atoms. The molecule has 0 radical (unpaired) electrons. The van der Waals surface area contributed by atoms with Crippen LogP contribution in [0, 0.1) is 0 Å². The molecule has 0 aliphatic rings. The van der Waals surface area contributed by atoms with Gasteiger partial charge in [0.2, 0.25) is 0 Å². The first kappa shape index (κ1) is 52.0. The number of quaternary nitrogens is 1. The highest BCUT2D eigenvalue weighted by Crippen LogP contribution is 2.38. The van der Waals surface area contributed by atoms with Crippen molar-refractivity contribution in [2.45, 2.75) is 174 Å². The molecule has 0 aromatic rings. The van der Waals surface area contributed by atoms with Crippen molar-refractivity contribution in [2.75, 3.05) is 47.5 Å². The molecule has 0 N–H and O–H groups in total.